The molecule has 0 saturated carbocycles. The molecule has 0 aliphatic carbocycles. The van der Waals surface area contributed by atoms with E-state index in [1.165, 1.54) is 0 Å². The molecule has 122 valence electrons. The Labute approximate surface area is 147 Å². The zero-order valence-electron chi connectivity index (χ0n) is 12.8. The Bertz CT molecular complexity index is 920. The van der Waals surface area contributed by atoms with Crippen LogP contribution in [0.3, 0.4) is 0 Å². The number of fused-ring (bicyclic) bond motifs is 2. The molecule has 1 amide bonds. The van der Waals surface area contributed by atoms with Gasteiger partial charge in [-0.05, 0) is 24.3 Å². The number of para-hydroxylation sites is 1. The number of carbonyl (C=O) groups is 1. The van der Waals surface area contributed by atoms with Gasteiger partial charge in [-0.25, -0.2) is 0 Å². The van der Waals surface area contributed by atoms with Crippen LogP contribution in [0, 0.1) is 0 Å². The van der Waals surface area contributed by atoms with Crippen LogP contribution in [0.1, 0.15) is 16.1 Å². The second kappa shape index (κ2) is 6.20. The van der Waals surface area contributed by atoms with E-state index in [-0.39, 0.29) is 5.91 Å². The standard InChI is InChI=1S/C18H15BrN2O3/c19-13-5-4-11-8-15(21-14(11)9-13)18(22)20-10-12-2-1-3-16-17(12)24-7-6-23-16/h1-5,8-9,21H,6-7,10H2,(H,20,22). The lowest BCUT2D eigenvalue weighted by molar-refractivity contribution is 0.0945. The van der Waals surface area contributed by atoms with Gasteiger partial charge in [-0.15, -0.1) is 0 Å². The summed E-state index contributed by atoms with van der Waals surface area (Å²) in [5, 5.41) is 3.92. The van der Waals surface area contributed by atoms with Crippen molar-refractivity contribution in [2.75, 3.05) is 13.2 Å². The van der Waals surface area contributed by atoms with E-state index in [9.17, 15) is 4.79 Å². The molecule has 2 N–H and O–H groups in total. The monoisotopic (exact) mass is 386 g/mol. The van der Waals surface area contributed by atoms with Crippen LogP contribution in [0.4, 0.5) is 0 Å². The first-order valence-corrected chi connectivity index (χ1v) is 8.44. The molecule has 1 aromatic heterocycles. The van der Waals surface area contributed by atoms with E-state index in [0.29, 0.717) is 31.2 Å². The second-order valence-corrected chi connectivity index (χ2v) is 6.45. The van der Waals surface area contributed by atoms with Crippen LogP contribution in [0.15, 0.2) is 46.9 Å². The quantitative estimate of drug-likeness (QED) is 0.722. The third-order valence-electron chi connectivity index (χ3n) is 3.92. The van der Waals surface area contributed by atoms with Crippen LogP contribution in [-0.2, 0) is 6.54 Å². The number of hydrogen-bond donors (Lipinski definition) is 2. The Morgan fingerprint density at radius 1 is 1.17 bits per heavy atom. The Morgan fingerprint density at radius 2 is 2.04 bits per heavy atom. The molecule has 24 heavy (non-hydrogen) atoms. The Morgan fingerprint density at radius 3 is 2.96 bits per heavy atom. The first-order chi connectivity index (χ1) is 11.7. The molecular formula is C18H15BrN2O3. The van der Waals surface area contributed by atoms with E-state index in [2.05, 4.69) is 26.2 Å². The van der Waals surface area contributed by atoms with Crippen LogP contribution < -0.4 is 14.8 Å². The number of rotatable bonds is 3. The van der Waals surface area contributed by atoms with Crippen LogP contribution in [0.25, 0.3) is 10.9 Å². The van der Waals surface area contributed by atoms with Crippen molar-refractivity contribution in [2.24, 2.45) is 0 Å². The van der Waals surface area contributed by atoms with Gasteiger partial charge in [0.2, 0.25) is 0 Å². The summed E-state index contributed by atoms with van der Waals surface area (Å²) in [6.45, 7) is 1.45. The molecular weight excluding hydrogens is 372 g/mol. The topological polar surface area (TPSA) is 63.4 Å². The summed E-state index contributed by atoms with van der Waals surface area (Å²) in [6, 6.07) is 13.4. The summed E-state index contributed by atoms with van der Waals surface area (Å²) >= 11 is 3.43. The Kier molecular flexibility index (Phi) is 3.90. The number of halogens is 1. The Balaban J connectivity index is 1.52. The lowest BCUT2D eigenvalue weighted by atomic mass is 10.1. The lowest BCUT2D eigenvalue weighted by Gasteiger charge is -2.21. The van der Waals surface area contributed by atoms with Crippen LogP contribution in [0.5, 0.6) is 11.5 Å². The highest BCUT2D eigenvalue weighted by molar-refractivity contribution is 9.10. The number of hydrogen-bond acceptors (Lipinski definition) is 3. The highest BCUT2D eigenvalue weighted by Crippen LogP contribution is 2.33. The number of amides is 1. The van der Waals surface area contributed by atoms with Crippen molar-refractivity contribution in [3.8, 4) is 11.5 Å². The van der Waals surface area contributed by atoms with Gasteiger partial charge in [0.1, 0.15) is 18.9 Å². The van der Waals surface area contributed by atoms with E-state index >= 15 is 0 Å². The highest BCUT2D eigenvalue weighted by Gasteiger charge is 2.16. The number of ether oxygens (including phenoxy) is 2. The Hall–Kier alpha value is -2.47. The van der Waals surface area contributed by atoms with Crippen molar-refractivity contribution in [3.63, 3.8) is 0 Å². The van der Waals surface area contributed by atoms with Gasteiger partial charge in [0.25, 0.3) is 5.91 Å². The van der Waals surface area contributed by atoms with Gasteiger partial charge in [-0.3, -0.25) is 4.79 Å². The molecule has 0 unspecified atom stereocenters. The smallest absolute Gasteiger partial charge is 0.267 e. The third-order valence-corrected chi connectivity index (χ3v) is 4.41. The molecule has 5 nitrogen and oxygen atoms in total. The van der Waals surface area contributed by atoms with E-state index < -0.39 is 0 Å². The fourth-order valence-electron chi connectivity index (χ4n) is 2.77. The van der Waals surface area contributed by atoms with E-state index in [4.69, 9.17) is 9.47 Å². The molecule has 0 spiro atoms. The molecule has 3 aromatic rings. The number of benzene rings is 2. The predicted molar refractivity (Wildman–Crippen MR) is 94.6 cm³/mol. The molecule has 0 saturated heterocycles. The van der Waals surface area contributed by atoms with Crippen molar-refractivity contribution in [1.29, 1.82) is 0 Å². The fraction of sp³-hybridized carbons (Fsp3) is 0.167. The number of nitrogens with one attached hydrogen (secondary N) is 2. The maximum atomic E-state index is 12.4. The highest BCUT2D eigenvalue weighted by atomic mass is 79.9. The molecule has 0 atom stereocenters. The van der Waals surface area contributed by atoms with Crippen molar-refractivity contribution in [3.05, 3.63) is 58.2 Å². The number of aromatic nitrogens is 1. The lowest BCUT2D eigenvalue weighted by Crippen LogP contribution is -2.24. The minimum Gasteiger partial charge on any atom is -0.486 e. The van der Waals surface area contributed by atoms with Gasteiger partial charge in [0, 0.05) is 27.5 Å². The molecule has 0 bridgehead atoms. The minimum absolute atomic E-state index is 0.156. The van der Waals surface area contributed by atoms with Gasteiger partial charge in [-0.1, -0.05) is 34.1 Å². The number of carbonyl (C=O) groups excluding carboxylic acids is 1. The van der Waals surface area contributed by atoms with Crippen molar-refractivity contribution in [2.45, 2.75) is 6.54 Å². The molecule has 1 aliphatic heterocycles. The number of aromatic amines is 1. The maximum Gasteiger partial charge on any atom is 0.267 e. The van der Waals surface area contributed by atoms with Crippen LogP contribution in [-0.4, -0.2) is 24.1 Å². The SMILES string of the molecule is O=C(NCc1cccc2c1OCCO2)c1cc2ccc(Br)cc2[nH]1. The predicted octanol–water partition coefficient (Wildman–Crippen LogP) is 3.63. The van der Waals surface area contributed by atoms with Gasteiger partial charge in [0.05, 0.1) is 0 Å². The maximum absolute atomic E-state index is 12.4. The van der Waals surface area contributed by atoms with Gasteiger partial charge >= 0.3 is 0 Å². The first kappa shape index (κ1) is 15.1. The molecule has 0 radical (unpaired) electrons. The minimum atomic E-state index is -0.156. The zero-order valence-corrected chi connectivity index (χ0v) is 14.4. The van der Waals surface area contributed by atoms with Crippen molar-refractivity contribution in [1.82, 2.24) is 10.3 Å². The van der Waals surface area contributed by atoms with E-state index in [1.54, 1.807) is 0 Å². The van der Waals surface area contributed by atoms with Gasteiger partial charge in [0.15, 0.2) is 11.5 Å². The summed E-state index contributed by atoms with van der Waals surface area (Å²) in [4.78, 5) is 15.6. The van der Waals surface area contributed by atoms with Crippen molar-refractivity contribution >= 4 is 32.7 Å². The molecule has 6 heteroatoms. The second-order valence-electron chi connectivity index (χ2n) is 5.54. The normalized spacial score (nSPS) is 13.0. The molecule has 2 heterocycles. The summed E-state index contributed by atoms with van der Waals surface area (Å²) in [5.74, 6) is 1.28. The zero-order chi connectivity index (χ0) is 16.5. The molecule has 4 rings (SSSR count). The van der Waals surface area contributed by atoms with Gasteiger partial charge in [-0.2, -0.15) is 0 Å². The van der Waals surface area contributed by atoms with Crippen molar-refractivity contribution < 1.29 is 14.3 Å². The largest absolute Gasteiger partial charge is 0.486 e. The van der Waals surface area contributed by atoms with Gasteiger partial charge < -0.3 is 19.8 Å². The van der Waals surface area contributed by atoms with E-state index in [1.807, 2.05) is 42.5 Å². The number of H-pyrrole nitrogens is 1. The molecule has 0 fully saturated rings. The third kappa shape index (κ3) is 2.85. The summed E-state index contributed by atoms with van der Waals surface area (Å²) in [6.07, 6.45) is 0. The summed E-state index contributed by atoms with van der Waals surface area (Å²) in [5.41, 5.74) is 2.35. The fourth-order valence-corrected chi connectivity index (χ4v) is 3.13. The first-order valence-electron chi connectivity index (χ1n) is 7.65. The molecule has 2 aromatic carbocycles. The van der Waals surface area contributed by atoms with E-state index in [0.717, 1.165) is 26.7 Å². The summed E-state index contributed by atoms with van der Waals surface area (Å²) < 4.78 is 12.2. The van der Waals surface area contributed by atoms with Crippen LogP contribution in [0.2, 0.25) is 0 Å². The van der Waals surface area contributed by atoms with Crippen LogP contribution >= 0.6 is 15.9 Å². The average molecular weight is 387 g/mol. The summed E-state index contributed by atoms with van der Waals surface area (Å²) in [7, 11) is 0. The molecule has 1 aliphatic rings. The average Bonchev–Trinajstić information content (AvgIpc) is 3.03.